The van der Waals surface area contributed by atoms with Crippen LogP contribution in [-0.4, -0.2) is 24.5 Å². The number of nitriles is 1. The van der Waals surface area contributed by atoms with Crippen LogP contribution in [0.1, 0.15) is 32.6 Å². The van der Waals surface area contributed by atoms with Crippen molar-refractivity contribution in [2.45, 2.75) is 32.6 Å². The summed E-state index contributed by atoms with van der Waals surface area (Å²) in [6.07, 6.45) is 5.85. The molecule has 2 heteroatoms. The van der Waals surface area contributed by atoms with E-state index in [1.165, 1.54) is 32.2 Å². The number of nitrogens with zero attached hydrogens (tertiary/aromatic N) is 2. The Morgan fingerprint density at radius 2 is 2.21 bits per heavy atom. The smallest absolute Gasteiger partial charge is 0.0865 e. The number of hydrogen-bond donors (Lipinski definition) is 0. The van der Waals surface area contributed by atoms with Crippen molar-refractivity contribution in [3.05, 3.63) is 0 Å². The van der Waals surface area contributed by atoms with Gasteiger partial charge in [0.25, 0.3) is 0 Å². The highest BCUT2D eigenvalue weighted by atomic mass is 15.1. The molecule has 2 rings (SSSR count). The zero-order chi connectivity index (χ0) is 9.97. The largest absolute Gasteiger partial charge is 0.291 e. The average Bonchev–Trinajstić information content (AvgIpc) is 2.78. The predicted octanol–water partition coefficient (Wildman–Crippen LogP) is 2.27. The molecule has 0 saturated heterocycles. The summed E-state index contributed by atoms with van der Waals surface area (Å²) in [5.41, 5.74) is 0. The Morgan fingerprint density at radius 3 is 2.71 bits per heavy atom. The van der Waals surface area contributed by atoms with Crippen molar-refractivity contribution < 1.29 is 0 Å². The van der Waals surface area contributed by atoms with E-state index in [0.29, 0.717) is 6.54 Å². The molecule has 0 amide bonds. The van der Waals surface area contributed by atoms with Crippen LogP contribution in [0.3, 0.4) is 0 Å². The molecule has 0 aromatic heterocycles. The number of hydrogen-bond acceptors (Lipinski definition) is 2. The van der Waals surface area contributed by atoms with Crippen molar-refractivity contribution in [2.24, 2.45) is 17.8 Å². The summed E-state index contributed by atoms with van der Waals surface area (Å²) in [7, 11) is 0. The van der Waals surface area contributed by atoms with Crippen LogP contribution in [0.4, 0.5) is 0 Å². The van der Waals surface area contributed by atoms with Crippen molar-refractivity contribution in [1.29, 1.82) is 5.26 Å². The monoisotopic (exact) mass is 192 g/mol. The highest BCUT2D eigenvalue weighted by molar-refractivity contribution is 4.92. The molecular weight excluding hydrogens is 172 g/mol. The van der Waals surface area contributed by atoms with Crippen LogP contribution < -0.4 is 0 Å². The molecule has 14 heavy (non-hydrogen) atoms. The van der Waals surface area contributed by atoms with Gasteiger partial charge in [0.2, 0.25) is 0 Å². The van der Waals surface area contributed by atoms with Gasteiger partial charge in [0.05, 0.1) is 12.6 Å². The van der Waals surface area contributed by atoms with Crippen LogP contribution in [0.25, 0.3) is 0 Å². The molecule has 0 N–H and O–H groups in total. The van der Waals surface area contributed by atoms with Gasteiger partial charge < -0.3 is 0 Å². The van der Waals surface area contributed by atoms with Crippen molar-refractivity contribution in [2.75, 3.05) is 19.6 Å². The van der Waals surface area contributed by atoms with Gasteiger partial charge in [0, 0.05) is 6.54 Å². The predicted molar refractivity (Wildman–Crippen MR) is 56.7 cm³/mol. The fourth-order valence-electron chi connectivity index (χ4n) is 3.34. The lowest BCUT2D eigenvalue weighted by Crippen LogP contribution is -2.32. The maximum Gasteiger partial charge on any atom is 0.0865 e. The Bertz CT molecular complexity index is 231. The summed E-state index contributed by atoms with van der Waals surface area (Å²) in [6, 6.07) is 2.26. The molecule has 0 heterocycles. The molecule has 0 aromatic carbocycles. The molecule has 78 valence electrons. The summed E-state index contributed by atoms with van der Waals surface area (Å²) in [4.78, 5) is 2.30. The third-order valence-electron chi connectivity index (χ3n) is 4.12. The summed E-state index contributed by atoms with van der Waals surface area (Å²) in [6.45, 7) is 4.97. The third-order valence-corrected chi connectivity index (χ3v) is 4.12. The summed E-state index contributed by atoms with van der Waals surface area (Å²) >= 11 is 0. The second-order valence-electron chi connectivity index (χ2n) is 4.92. The molecule has 2 aliphatic carbocycles. The second-order valence-corrected chi connectivity index (χ2v) is 4.92. The number of rotatable bonds is 4. The Balaban J connectivity index is 1.82. The zero-order valence-corrected chi connectivity index (χ0v) is 9.08. The van der Waals surface area contributed by atoms with Gasteiger partial charge in [-0.25, -0.2) is 0 Å². The van der Waals surface area contributed by atoms with Crippen LogP contribution in [0.15, 0.2) is 0 Å². The Morgan fingerprint density at radius 1 is 1.36 bits per heavy atom. The van der Waals surface area contributed by atoms with Crippen LogP contribution >= 0.6 is 0 Å². The van der Waals surface area contributed by atoms with Crippen molar-refractivity contribution in [3.8, 4) is 6.07 Å². The highest BCUT2D eigenvalue weighted by Crippen LogP contribution is 2.48. The molecule has 3 unspecified atom stereocenters. The normalized spacial score (nSPS) is 35.1. The van der Waals surface area contributed by atoms with E-state index in [0.717, 1.165) is 24.3 Å². The lowest BCUT2D eigenvalue weighted by molar-refractivity contribution is 0.213. The molecule has 0 aromatic rings. The average molecular weight is 192 g/mol. The Kier molecular flexibility index (Phi) is 3.08. The number of fused-ring (bicyclic) bond motifs is 2. The summed E-state index contributed by atoms with van der Waals surface area (Å²) < 4.78 is 0. The van der Waals surface area contributed by atoms with Crippen molar-refractivity contribution in [1.82, 2.24) is 4.90 Å². The van der Waals surface area contributed by atoms with E-state index in [9.17, 15) is 0 Å². The minimum atomic E-state index is 0.615. The molecule has 2 nitrogen and oxygen atoms in total. The highest BCUT2D eigenvalue weighted by Gasteiger charge is 2.39. The first-order chi connectivity index (χ1) is 6.83. The molecule has 3 atom stereocenters. The maximum absolute atomic E-state index is 8.68. The Labute approximate surface area is 86.9 Å². The van der Waals surface area contributed by atoms with Crippen LogP contribution in [-0.2, 0) is 0 Å². The van der Waals surface area contributed by atoms with Gasteiger partial charge in [-0.1, -0.05) is 13.3 Å². The molecule has 0 aliphatic heterocycles. The van der Waals surface area contributed by atoms with Gasteiger partial charge in [-0.05, 0) is 43.6 Å². The molecule has 2 bridgehead atoms. The second kappa shape index (κ2) is 4.31. The lowest BCUT2D eigenvalue weighted by Gasteiger charge is -2.27. The standard InChI is InChI=1S/C12H20N2/c1-2-14(6-5-13)9-12-8-10-3-4-11(12)7-10/h10-12H,2-4,6-9H2,1H3. The van der Waals surface area contributed by atoms with Crippen LogP contribution in [0.2, 0.25) is 0 Å². The van der Waals surface area contributed by atoms with Crippen molar-refractivity contribution >= 4 is 0 Å². The van der Waals surface area contributed by atoms with Gasteiger partial charge in [-0.15, -0.1) is 0 Å². The van der Waals surface area contributed by atoms with Crippen LogP contribution in [0.5, 0.6) is 0 Å². The van der Waals surface area contributed by atoms with Gasteiger partial charge in [-0.2, -0.15) is 5.26 Å². The Hall–Kier alpha value is -0.550. The third kappa shape index (κ3) is 1.93. The van der Waals surface area contributed by atoms with E-state index in [1.54, 1.807) is 0 Å². The quantitative estimate of drug-likeness (QED) is 0.639. The fraction of sp³-hybridized carbons (Fsp3) is 0.917. The van der Waals surface area contributed by atoms with E-state index in [4.69, 9.17) is 5.26 Å². The minimum Gasteiger partial charge on any atom is -0.291 e. The first-order valence-electron chi connectivity index (χ1n) is 5.92. The zero-order valence-electron chi connectivity index (χ0n) is 9.08. The van der Waals surface area contributed by atoms with Gasteiger partial charge in [0.15, 0.2) is 0 Å². The van der Waals surface area contributed by atoms with Gasteiger partial charge >= 0.3 is 0 Å². The summed E-state index contributed by atoms with van der Waals surface area (Å²) in [5, 5.41) is 8.68. The molecule has 2 fully saturated rings. The van der Waals surface area contributed by atoms with Crippen LogP contribution in [0, 0.1) is 29.1 Å². The summed E-state index contributed by atoms with van der Waals surface area (Å²) in [5.74, 6) is 2.93. The first kappa shape index (κ1) is 9.98. The molecule has 2 aliphatic rings. The van der Waals surface area contributed by atoms with Gasteiger partial charge in [-0.3, -0.25) is 4.90 Å². The SMILES string of the molecule is CCN(CC#N)CC1CC2CCC1C2. The van der Waals surface area contributed by atoms with Crippen molar-refractivity contribution in [3.63, 3.8) is 0 Å². The van der Waals surface area contributed by atoms with Gasteiger partial charge in [0.1, 0.15) is 0 Å². The first-order valence-corrected chi connectivity index (χ1v) is 5.92. The topological polar surface area (TPSA) is 27.0 Å². The molecule has 2 saturated carbocycles. The lowest BCUT2D eigenvalue weighted by atomic mass is 9.88. The van der Waals surface area contributed by atoms with E-state index < -0.39 is 0 Å². The fourth-order valence-corrected chi connectivity index (χ4v) is 3.34. The molecule has 0 radical (unpaired) electrons. The maximum atomic E-state index is 8.68. The van der Waals surface area contributed by atoms with E-state index in [1.807, 2.05) is 0 Å². The molecular formula is C12H20N2. The van der Waals surface area contributed by atoms with E-state index >= 15 is 0 Å². The molecule has 0 spiro atoms. The minimum absolute atomic E-state index is 0.615. The van der Waals surface area contributed by atoms with E-state index in [2.05, 4.69) is 17.9 Å². The van der Waals surface area contributed by atoms with E-state index in [-0.39, 0.29) is 0 Å².